The van der Waals surface area contributed by atoms with E-state index in [1.807, 2.05) is 6.07 Å². The van der Waals surface area contributed by atoms with Crippen LogP contribution in [0.3, 0.4) is 0 Å². The summed E-state index contributed by atoms with van der Waals surface area (Å²) in [5, 5.41) is 11.4. The number of benzene rings is 2. The molecule has 0 atom stereocenters. The van der Waals surface area contributed by atoms with Gasteiger partial charge in [-0.05, 0) is 49.2 Å². The van der Waals surface area contributed by atoms with Gasteiger partial charge < -0.3 is 10.1 Å². The van der Waals surface area contributed by atoms with Crippen molar-refractivity contribution >= 4 is 39.3 Å². The molecule has 0 saturated carbocycles. The first kappa shape index (κ1) is 22.8. The van der Waals surface area contributed by atoms with Gasteiger partial charge in [0.05, 0.1) is 28.0 Å². The molecule has 0 unspecified atom stereocenters. The van der Waals surface area contributed by atoms with E-state index in [1.54, 1.807) is 24.3 Å². The van der Waals surface area contributed by atoms with Crippen LogP contribution in [-0.2, 0) is 19.6 Å². The predicted molar refractivity (Wildman–Crippen MR) is 116 cm³/mol. The fourth-order valence-corrected chi connectivity index (χ4v) is 5.23. The average Bonchev–Trinajstić information content (AvgIpc) is 3.33. The number of nitriles is 1. The average molecular weight is 460 g/mol. The molecule has 1 fully saturated rings. The molecule has 0 bridgehead atoms. The topological polar surface area (TPSA) is 117 Å². The summed E-state index contributed by atoms with van der Waals surface area (Å²) in [5.74, 6) is -1.01. The number of para-hydroxylation sites is 1. The number of amides is 1. The van der Waals surface area contributed by atoms with E-state index in [1.165, 1.54) is 40.3 Å². The van der Waals surface area contributed by atoms with Gasteiger partial charge in [-0.15, -0.1) is 11.8 Å². The molecule has 2 aromatic carbocycles. The summed E-state index contributed by atoms with van der Waals surface area (Å²) in [6.45, 7) is 0.503. The van der Waals surface area contributed by atoms with Crippen LogP contribution in [0.5, 0.6) is 0 Å². The molecule has 0 aromatic heterocycles. The third kappa shape index (κ3) is 5.85. The number of nitrogens with one attached hydrogen (secondary N) is 1. The molecule has 1 N–H and O–H groups in total. The van der Waals surface area contributed by atoms with E-state index in [2.05, 4.69) is 5.32 Å². The number of ether oxygens (including phenoxy) is 1. The number of carbonyl (C=O) groups excluding carboxylic acids is 2. The lowest BCUT2D eigenvalue weighted by Gasteiger charge is -2.15. The van der Waals surface area contributed by atoms with Crippen molar-refractivity contribution in [3.05, 3.63) is 54.1 Å². The van der Waals surface area contributed by atoms with Crippen LogP contribution in [-0.4, -0.2) is 50.0 Å². The zero-order valence-corrected chi connectivity index (χ0v) is 18.2. The zero-order chi connectivity index (χ0) is 22.3. The first-order valence-corrected chi connectivity index (χ1v) is 12.0. The van der Waals surface area contributed by atoms with Gasteiger partial charge in [0.15, 0.2) is 6.61 Å². The van der Waals surface area contributed by atoms with Crippen LogP contribution in [0.2, 0.25) is 0 Å². The summed E-state index contributed by atoms with van der Waals surface area (Å²) in [6, 6.07) is 14.5. The summed E-state index contributed by atoms with van der Waals surface area (Å²) >= 11 is 1.29. The van der Waals surface area contributed by atoms with E-state index in [4.69, 9.17) is 10.00 Å². The molecule has 162 valence electrons. The number of thioether (sulfide) groups is 1. The molecule has 3 rings (SSSR count). The number of carbonyl (C=O) groups is 2. The summed E-state index contributed by atoms with van der Waals surface area (Å²) in [6.07, 6.45) is 1.68. The van der Waals surface area contributed by atoms with E-state index >= 15 is 0 Å². The van der Waals surface area contributed by atoms with E-state index in [0.717, 1.165) is 17.7 Å². The lowest BCUT2D eigenvalue weighted by molar-refractivity contribution is -0.119. The van der Waals surface area contributed by atoms with Crippen molar-refractivity contribution in [1.82, 2.24) is 4.31 Å². The standard InChI is InChI=1S/C21H21N3O5S2/c22-11-14-30-19-6-2-1-5-18(19)23-20(25)15-29-21(26)16-7-9-17(10-8-16)31(27,28)24-12-3-4-13-24/h1-2,5-10H,3-4,12-15H2,(H,23,25). The lowest BCUT2D eigenvalue weighted by atomic mass is 10.2. The van der Waals surface area contributed by atoms with Crippen molar-refractivity contribution in [1.29, 1.82) is 5.26 Å². The number of sulfonamides is 1. The van der Waals surface area contributed by atoms with Crippen LogP contribution < -0.4 is 5.32 Å². The Labute approximate surface area is 185 Å². The number of anilines is 1. The highest BCUT2D eigenvalue weighted by atomic mass is 32.2. The van der Waals surface area contributed by atoms with Gasteiger partial charge >= 0.3 is 5.97 Å². The van der Waals surface area contributed by atoms with Gasteiger partial charge in [0.25, 0.3) is 5.91 Å². The van der Waals surface area contributed by atoms with E-state index in [9.17, 15) is 18.0 Å². The van der Waals surface area contributed by atoms with Crippen LogP contribution in [0.25, 0.3) is 0 Å². The van der Waals surface area contributed by atoms with Gasteiger partial charge in [-0.1, -0.05) is 12.1 Å². The second-order valence-electron chi connectivity index (χ2n) is 6.70. The summed E-state index contributed by atoms with van der Waals surface area (Å²) in [5.41, 5.74) is 0.679. The lowest BCUT2D eigenvalue weighted by Crippen LogP contribution is -2.27. The van der Waals surface area contributed by atoms with E-state index in [0.29, 0.717) is 18.8 Å². The van der Waals surface area contributed by atoms with Crippen LogP contribution in [0, 0.1) is 11.3 Å². The minimum atomic E-state index is -3.56. The number of rotatable bonds is 8. The number of esters is 1. The minimum absolute atomic E-state index is 0.121. The van der Waals surface area contributed by atoms with Crippen molar-refractivity contribution in [3.8, 4) is 6.07 Å². The van der Waals surface area contributed by atoms with Crippen LogP contribution in [0.15, 0.2) is 58.3 Å². The fraction of sp³-hybridized carbons (Fsp3) is 0.286. The van der Waals surface area contributed by atoms with Gasteiger partial charge in [-0.3, -0.25) is 4.79 Å². The zero-order valence-electron chi connectivity index (χ0n) is 16.6. The third-order valence-electron chi connectivity index (χ3n) is 4.58. The Morgan fingerprint density at radius 1 is 1.10 bits per heavy atom. The summed E-state index contributed by atoms with van der Waals surface area (Å²) in [7, 11) is -3.56. The van der Waals surface area contributed by atoms with Crippen molar-refractivity contribution in [3.63, 3.8) is 0 Å². The van der Waals surface area contributed by atoms with Gasteiger partial charge in [0, 0.05) is 18.0 Å². The predicted octanol–water partition coefficient (Wildman–Crippen LogP) is 2.88. The Morgan fingerprint density at radius 2 is 1.77 bits per heavy atom. The van der Waals surface area contributed by atoms with Gasteiger partial charge in [0.1, 0.15) is 0 Å². The maximum Gasteiger partial charge on any atom is 0.338 e. The number of hydrogen-bond donors (Lipinski definition) is 1. The molecule has 0 spiro atoms. The molecular weight excluding hydrogens is 438 g/mol. The van der Waals surface area contributed by atoms with Gasteiger partial charge in [-0.2, -0.15) is 9.57 Å². The van der Waals surface area contributed by atoms with Crippen molar-refractivity contribution in [2.45, 2.75) is 22.6 Å². The van der Waals surface area contributed by atoms with Gasteiger partial charge in [-0.25, -0.2) is 13.2 Å². The first-order valence-electron chi connectivity index (χ1n) is 9.58. The first-order chi connectivity index (χ1) is 14.9. The molecule has 0 aliphatic carbocycles. The molecule has 1 heterocycles. The monoisotopic (exact) mass is 459 g/mol. The molecule has 2 aromatic rings. The number of hydrogen-bond acceptors (Lipinski definition) is 7. The van der Waals surface area contributed by atoms with Crippen molar-refractivity contribution in [2.24, 2.45) is 0 Å². The van der Waals surface area contributed by atoms with E-state index in [-0.39, 0.29) is 16.2 Å². The Balaban J connectivity index is 1.56. The Morgan fingerprint density at radius 3 is 2.45 bits per heavy atom. The smallest absolute Gasteiger partial charge is 0.338 e. The van der Waals surface area contributed by atoms with Gasteiger partial charge in [0.2, 0.25) is 10.0 Å². The molecule has 10 heteroatoms. The molecule has 1 saturated heterocycles. The minimum Gasteiger partial charge on any atom is -0.452 e. The second kappa shape index (κ2) is 10.4. The maximum atomic E-state index is 12.5. The normalized spacial score (nSPS) is 14.0. The third-order valence-corrected chi connectivity index (χ3v) is 7.43. The second-order valence-corrected chi connectivity index (χ2v) is 9.66. The van der Waals surface area contributed by atoms with Crippen LogP contribution in [0.4, 0.5) is 5.69 Å². The number of nitrogens with zero attached hydrogens (tertiary/aromatic N) is 2. The summed E-state index contributed by atoms with van der Waals surface area (Å²) in [4.78, 5) is 25.2. The highest BCUT2D eigenvalue weighted by molar-refractivity contribution is 7.99. The Kier molecular flexibility index (Phi) is 7.68. The van der Waals surface area contributed by atoms with Crippen molar-refractivity contribution in [2.75, 3.05) is 30.8 Å². The van der Waals surface area contributed by atoms with Crippen LogP contribution in [0.1, 0.15) is 23.2 Å². The highest BCUT2D eigenvalue weighted by Gasteiger charge is 2.27. The Bertz CT molecular complexity index is 1090. The molecular formula is C21H21N3O5S2. The highest BCUT2D eigenvalue weighted by Crippen LogP contribution is 2.26. The van der Waals surface area contributed by atoms with Crippen molar-refractivity contribution < 1.29 is 22.7 Å². The largest absolute Gasteiger partial charge is 0.452 e. The fourth-order valence-electron chi connectivity index (χ4n) is 3.05. The quantitative estimate of drug-likeness (QED) is 0.476. The van der Waals surface area contributed by atoms with Crippen LogP contribution >= 0.6 is 11.8 Å². The molecule has 0 radical (unpaired) electrons. The maximum absolute atomic E-state index is 12.5. The van der Waals surface area contributed by atoms with E-state index < -0.39 is 28.5 Å². The molecule has 1 aliphatic rings. The molecule has 1 amide bonds. The SMILES string of the molecule is N#CCSc1ccccc1NC(=O)COC(=O)c1ccc(S(=O)(=O)N2CCCC2)cc1. The molecule has 8 nitrogen and oxygen atoms in total. The molecule has 31 heavy (non-hydrogen) atoms. The molecule has 1 aliphatic heterocycles. The summed E-state index contributed by atoms with van der Waals surface area (Å²) < 4.78 is 31.5. The Hall–Kier alpha value is -2.87.